The Kier molecular flexibility index (Phi) is 5.72. The molecule has 0 unspecified atom stereocenters. The van der Waals surface area contributed by atoms with Crippen molar-refractivity contribution in [3.63, 3.8) is 0 Å². The number of rotatable bonds is 5. The van der Waals surface area contributed by atoms with E-state index in [0.717, 1.165) is 10.5 Å². The van der Waals surface area contributed by atoms with Crippen molar-refractivity contribution >= 4 is 52.0 Å². The summed E-state index contributed by atoms with van der Waals surface area (Å²) in [5, 5.41) is 3.50. The summed E-state index contributed by atoms with van der Waals surface area (Å²) in [6.07, 6.45) is 0. The molecule has 0 saturated carbocycles. The smallest absolute Gasteiger partial charge is 0.282 e. The number of nitrogens with zero attached hydrogens (tertiary/aromatic N) is 1. The molecular formula is C24H18Cl2N2O3. The molecule has 0 radical (unpaired) electrons. The van der Waals surface area contributed by atoms with Crippen LogP contribution in [0.5, 0.6) is 5.75 Å². The Morgan fingerprint density at radius 1 is 0.871 bits per heavy atom. The lowest BCUT2D eigenvalue weighted by molar-refractivity contribution is -0.120. The van der Waals surface area contributed by atoms with E-state index in [9.17, 15) is 9.59 Å². The summed E-state index contributed by atoms with van der Waals surface area (Å²) in [5.74, 6) is -0.311. The number of imide groups is 1. The van der Waals surface area contributed by atoms with Gasteiger partial charge in [0.25, 0.3) is 11.8 Å². The zero-order valence-electron chi connectivity index (χ0n) is 16.8. The number of ether oxygens (including phenoxy) is 1. The normalized spacial score (nSPS) is 13.7. The maximum atomic E-state index is 13.5. The molecule has 4 rings (SSSR count). The average molecular weight is 453 g/mol. The summed E-state index contributed by atoms with van der Waals surface area (Å²) in [6.45, 7) is 1.95. The quantitative estimate of drug-likeness (QED) is 0.503. The van der Waals surface area contributed by atoms with Crippen LogP contribution in [0.4, 0.5) is 11.4 Å². The Balaban J connectivity index is 1.82. The minimum absolute atomic E-state index is 0.139. The van der Waals surface area contributed by atoms with E-state index in [1.807, 2.05) is 31.2 Å². The second-order valence-electron chi connectivity index (χ2n) is 6.99. The van der Waals surface area contributed by atoms with Gasteiger partial charge in [0.15, 0.2) is 0 Å². The second kappa shape index (κ2) is 8.46. The van der Waals surface area contributed by atoms with E-state index in [0.29, 0.717) is 17.0 Å². The monoisotopic (exact) mass is 452 g/mol. The van der Waals surface area contributed by atoms with Crippen molar-refractivity contribution in [1.82, 2.24) is 0 Å². The summed E-state index contributed by atoms with van der Waals surface area (Å²) in [4.78, 5) is 27.9. The highest BCUT2D eigenvalue weighted by atomic mass is 35.5. The van der Waals surface area contributed by atoms with Gasteiger partial charge >= 0.3 is 0 Å². The first-order valence-corrected chi connectivity index (χ1v) is 10.2. The van der Waals surface area contributed by atoms with E-state index in [-0.39, 0.29) is 27.0 Å². The highest BCUT2D eigenvalue weighted by Gasteiger charge is 2.41. The van der Waals surface area contributed by atoms with Crippen molar-refractivity contribution in [3.8, 4) is 5.75 Å². The van der Waals surface area contributed by atoms with Gasteiger partial charge in [-0.3, -0.25) is 9.59 Å². The van der Waals surface area contributed by atoms with Crippen LogP contribution in [0.2, 0.25) is 10.0 Å². The minimum atomic E-state index is -0.513. The van der Waals surface area contributed by atoms with Gasteiger partial charge in [-0.15, -0.1) is 0 Å². The van der Waals surface area contributed by atoms with Crippen molar-refractivity contribution in [2.75, 3.05) is 17.3 Å². The Labute approximate surface area is 189 Å². The summed E-state index contributed by atoms with van der Waals surface area (Å²) in [7, 11) is 1.58. The standard InChI is InChI=1S/C24H18Cl2N2O3/c1-14-6-8-15(9-7-14)20-22(27-16-10-12-17(31-2)13-11-16)24(30)28(23(20)29)19-5-3-4-18(25)21(19)26/h3-13,27H,1-2H3. The first-order valence-electron chi connectivity index (χ1n) is 9.46. The molecule has 1 aliphatic rings. The molecule has 1 aliphatic heterocycles. The van der Waals surface area contributed by atoms with Gasteiger partial charge in [0.1, 0.15) is 11.4 Å². The third-order valence-corrected chi connectivity index (χ3v) is 5.76. The molecule has 5 nitrogen and oxygen atoms in total. The molecule has 156 valence electrons. The van der Waals surface area contributed by atoms with Crippen LogP contribution in [-0.4, -0.2) is 18.9 Å². The predicted molar refractivity (Wildman–Crippen MR) is 124 cm³/mol. The van der Waals surface area contributed by atoms with E-state index in [1.165, 1.54) is 0 Å². The van der Waals surface area contributed by atoms with Crippen molar-refractivity contribution in [1.29, 1.82) is 0 Å². The number of aryl methyl sites for hydroxylation is 1. The molecule has 0 saturated heterocycles. The molecule has 2 amide bonds. The highest BCUT2D eigenvalue weighted by Crippen LogP contribution is 2.39. The number of nitrogens with one attached hydrogen (secondary N) is 1. The molecule has 0 aromatic heterocycles. The third kappa shape index (κ3) is 3.90. The fourth-order valence-corrected chi connectivity index (χ4v) is 3.72. The number of hydrogen-bond acceptors (Lipinski definition) is 4. The van der Waals surface area contributed by atoms with Gasteiger partial charge < -0.3 is 10.1 Å². The van der Waals surface area contributed by atoms with E-state index < -0.39 is 11.8 Å². The maximum Gasteiger partial charge on any atom is 0.282 e. The molecule has 0 spiro atoms. The largest absolute Gasteiger partial charge is 0.497 e. The molecule has 3 aromatic rings. The maximum absolute atomic E-state index is 13.5. The van der Waals surface area contributed by atoms with Crippen LogP contribution in [0, 0.1) is 6.92 Å². The molecule has 31 heavy (non-hydrogen) atoms. The molecule has 1 heterocycles. The minimum Gasteiger partial charge on any atom is -0.497 e. The van der Waals surface area contributed by atoms with Crippen LogP contribution >= 0.6 is 23.2 Å². The topological polar surface area (TPSA) is 58.6 Å². The second-order valence-corrected chi connectivity index (χ2v) is 7.77. The first-order chi connectivity index (χ1) is 14.9. The zero-order valence-corrected chi connectivity index (χ0v) is 18.3. The van der Waals surface area contributed by atoms with Gasteiger partial charge in [0.2, 0.25) is 0 Å². The fourth-order valence-electron chi connectivity index (χ4n) is 3.34. The molecule has 0 fully saturated rings. The van der Waals surface area contributed by atoms with Gasteiger partial charge in [-0.2, -0.15) is 0 Å². The van der Waals surface area contributed by atoms with Gasteiger partial charge in [0.05, 0.1) is 28.4 Å². The molecule has 0 atom stereocenters. The number of hydrogen-bond donors (Lipinski definition) is 1. The summed E-state index contributed by atoms with van der Waals surface area (Å²) in [6, 6.07) is 19.3. The lowest BCUT2D eigenvalue weighted by Crippen LogP contribution is -2.32. The van der Waals surface area contributed by atoms with Crippen molar-refractivity contribution in [3.05, 3.63) is 93.6 Å². The fraction of sp³-hybridized carbons (Fsp3) is 0.0833. The first kappa shape index (κ1) is 21.0. The SMILES string of the molecule is COc1ccc(NC2=C(c3ccc(C)cc3)C(=O)N(c3cccc(Cl)c3Cl)C2=O)cc1. The third-order valence-electron chi connectivity index (χ3n) is 4.96. The van der Waals surface area contributed by atoms with E-state index in [1.54, 1.807) is 49.6 Å². The Morgan fingerprint density at radius 2 is 1.55 bits per heavy atom. The van der Waals surface area contributed by atoms with E-state index in [2.05, 4.69) is 5.32 Å². The van der Waals surface area contributed by atoms with E-state index in [4.69, 9.17) is 27.9 Å². The van der Waals surface area contributed by atoms with Crippen molar-refractivity contribution in [2.24, 2.45) is 0 Å². The van der Waals surface area contributed by atoms with Crippen LogP contribution < -0.4 is 15.0 Å². The lowest BCUT2D eigenvalue weighted by Gasteiger charge is -2.17. The summed E-state index contributed by atoms with van der Waals surface area (Å²) < 4.78 is 5.18. The van der Waals surface area contributed by atoms with Gasteiger partial charge in [-0.1, -0.05) is 59.1 Å². The molecule has 7 heteroatoms. The number of benzene rings is 3. The van der Waals surface area contributed by atoms with Crippen LogP contribution in [0.15, 0.2) is 72.4 Å². The van der Waals surface area contributed by atoms with Crippen molar-refractivity contribution in [2.45, 2.75) is 6.92 Å². The lowest BCUT2D eigenvalue weighted by atomic mass is 10.0. The van der Waals surface area contributed by atoms with E-state index >= 15 is 0 Å². The number of anilines is 2. The van der Waals surface area contributed by atoms with Crippen LogP contribution in [0.25, 0.3) is 5.57 Å². The Hall–Kier alpha value is -3.28. The Bertz CT molecular complexity index is 1200. The molecule has 1 N–H and O–H groups in total. The number of amides is 2. The predicted octanol–water partition coefficient (Wildman–Crippen LogP) is 5.71. The average Bonchev–Trinajstić information content (AvgIpc) is 3.01. The van der Waals surface area contributed by atoms with Crippen LogP contribution in [0.1, 0.15) is 11.1 Å². The molecule has 0 bridgehead atoms. The Morgan fingerprint density at radius 3 is 2.19 bits per heavy atom. The number of carbonyl (C=O) groups excluding carboxylic acids is 2. The molecule has 3 aromatic carbocycles. The van der Waals surface area contributed by atoms with Crippen LogP contribution in [0.3, 0.4) is 0 Å². The highest BCUT2D eigenvalue weighted by molar-refractivity contribution is 6.50. The summed E-state index contributed by atoms with van der Waals surface area (Å²) >= 11 is 12.5. The number of halogens is 2. The van der Waals surface area contributed by atoms with Gasteiger partial charge in [0, 0.05) is 5.69 Å². The number of carbonyl (C=O) groups is 2. The number of methoxy groups -OCH3 is 1. The van der Waals surface area contributed by atoms with Gasteiger partial charge in [-0.25, -0.2) is 4.90 Å². The van der Waals surface area contributed by atoms with Crippen LogP contribution in [-0.2, 0) is 9.59 Å². The molecule has 0 aliphatic carbocycles. The summed E-state index contributed by atoms with van der Waals surface area (Å²) in [5.41, 5.74) is 2.97. The van der Waals surface area contributed by atoms with Crippen molar-refractivity contribution < 1.29 is 14.3 Å². The zero-order chi connectivity index (χ0) is 22.1. The van der Waals surface area contributed by atoms with Gasteiger partial charge in [-0.05, 0) is 48.9 Å². The molecular weight excluding hydrogens is 435 g/mol.